The van der Waals surface area contributed by atoms with Crippen LogP contribution < -0.4 is 5.32 Å². The predicted molar refractivity (Wildman–Crippen MR) is 78.8 cm³/mol. The van der Waals surface area contributed by atoms with Gasteiger partial charge in [-0.2, -0.15) is 0 Å². The van der Waals surface area contributed by atoms with Crippen LogP contribution in [0.25, 0.3) is 0 Å². The molecule has 1 aromatic carbocycles. The van der Waals surface area contributed by atoms with Crippen LogP contribution in [-0.2, 0) is 19.4 Å². The van der Waals surface area contributed by atoms with Crippen molar-refractivity contribution < 1.29 is 23.1 Å². The summed E-state index contributed by atoms with van der Waals surface area (Å²) >= 11 is 0. The van der Waals surface area contributed by atoms with Crippen LogP contribution in [0, 0.1) is 0 Å². The molecule has 0 saturated carbocycles. The Morgan fingerprint density at radius 1 is 1.19 bits per heavy atom. The summed E-state index contributed by atoms with van der Waals surface area (Å²) in [7, 11) is -3.49. The molecule has 0 radical (unpaired) electrons. The molecule has 7 heteroatoms. The molecule has 1 atom stereocenters. The minimum atomic E-state index is -3.49. The number of benzene rings is 1. The van der Waals surface area contributed by atoms with Gasteiger partial charge in [-0.1, -0.05) is 30.3 Å². The van der Waals surface area contributed by atoms with Crippen LogP contribution in [-0.4, -0.2) is 42.9 Å². The van der Waals surface area contributed by atoms with Crippen molar-refractivity contribution in [2.45, 2.75) is 25.0 Å². The zero-order chi connectivity index (χ0) is 16.0. The van der Waals surface area contributed by atoms with Crippen molar-refractivity contribution in [3.63, 3.8) is 0 Å². The van der Waals surface area contributed by atoms with E-state index in [1.165, 1.54) is 13.8 Å². The van der Waals surface area contributed by atoms with Gasteiger partial charge in [-0.05, 0) is 19.4 Å². The van der Waals surface area contributed by atoms with E-state index in [2.05, 4.69) is 5.32 Å². The molecule has 0 spiro atoms. The summed E-state index contributed by atoms with van der Waals surface area (Å²) in [4.78, 5) is 22.9. The quantitative estimate of drug-likeness (QED) is 0.775. The maximum absolute atomic E-state index is 11.6. The zero-order valence-corrected chi connectivity index (χ0v) is 12.8. The molecule has 116 valence electrons. The van der Waals surface area contributed by atoms with E-state index < -0.39 is 38.6 Å². The number of hydrogen-bond acceptors (Lipinski definition) is 4. The fraction of sp³-hybridized carbons (Fsp3) is 0.429. The summed E-state index contributed by atoms with van der Waals surface area (Å²) in [5, 5.41) is 10.9. The molecule has 6 nitrogen and oxygen atoms in total. The Bertz CT molecular complexity index is 595. The van der Waals surface area contributed by atoms with E-state index in [4.69, 9.17) is 0 Å². The van der Waals surface area contributed by atoms with E-state index in [0.717, 1.165) is 0 Å². The number of carbonyl (C=O) groups is 2. The highest BCUT2D eigenvalue weighted by Crippen LogP contribution is 2.14. The Morgan fingerprint density at radius 2 is 1.76 bits per heavy atom. The highest BCUT2D eigenvalue weighted by Gasteiger charge is 2.23. The SMILES string of the molecule is CC(C)S(=O)(=O)CC(=O)NCC(C(=O)O)c1ccccc1. The Labute approximate surface area is 124 Å². The second-order valence-electron chi connectivity index (χ2n) is 4.96. The van der Waals surface area contributed by atoms with E-state index in [0.29, 0.717) is 5.56 Å². The molecule has 1 amide bonds. The summed E-state index contributed by atoms with van der Waals surface area (Å²) in [5.74, 6) is -3.30. The summed E-state index contributed by atoms with van der Waals surface area (Å²) in [6, 6.07) is 8.47. The van der Waals surface area contributed by atoms with Crippen LogP contribution in [0.5, 0.6) is 0 Å². The van der Waals surface area contributed by atoms with Gasteiger partial charge in [-0.25, -0.2) is 8.42 Å². The van der Waals surface area contributed by atoms with Crippen molar-refractivity contribution in [2.75, 3.05) is 12.3 Å². The molecule has 0 bridgehead atoms. The van der Waals surface area contributed by atoms with Gasteiger partial charge in [0.1, 0.15) is 5.75 Å². The maximum Gasteiger partial charge on any atom is 0.312 e. The van der Waals surface area contributed by atoms with Gasteiger partial charge in [0.2, 0.25) is 5.91 Å². The van der Waals surface area contributed by atoms with Gasteiger partial charge in [-0.3, -0.25) is 9.59 Å². The third kappa shape index (κ3) is 5.18. The van der Waals surface area contributed by atoms with Gasteiger partial charge in [-0.15, -0.1) is 0 Å². The molecular formula is C14H19NO5S. The largest absolute Gasteiger partial charge is 0.481 e. The molecule has 0 saturated heterocycles. The summed E-state index contributed by atoms with van der Waals surface area (Å²) in [6.07, 6.45) is 0. The average molecular weight is 313 g/mol. The lowest BCUT2D eigenvalue weighted by molar-refractivity contribution is -0.138. The topological polar surface area (TPSA) is 101 Å². The van der Waals surface area contributed by atoms with Crippen molar-refractivity contribution in [1.29, 1.82) is 0 Å². The Hall–Kier alpha value is -1.89. The first kappa shape index (κ1) is 17.2. The second-order valence-corrected chi connectivity index (χ2v) is 7.52. The molecule has 0 aliphatic heterocycles. The minimum absolute atomic E-state index is 0.147. The van der Waals surface area contributed by atoms with E-state index in [1.807, 2.05) is 0 Å². The lowest BCUT2D eigenvalue weighted by atomic mass is 9.99. The highest BCUT2D eigenvalue weighted by atomic mass is 32.2. The smallest absolute Gasteiger partial charge is 0.312 e. The van der Waals surface area contributed by atoms with E-state index in [-0.39, 0.29) is 6.54 Å². The first-order chi connectivity index (χ1) is 9.74. The molecule has 1 aromatic rings. The van der Waals surface area contributed by atoms with Gasteiger partial charge < -0.3 is 10.4 Å². The summed E-state index contributed by atoms with van der Waals surface area (Å²) < 4.78 is 23.2. The van der Waals surface area contributed by atoms with Crippen LogP contribution in [0.4, 0.5) is 0 Å². The van der Waals surface area contributed by atoms with Crippen LogP contribution in [0.3, 0.4) is 0 Å². The number of carboxylic acid groups (broad SMARTS) is 1. The lowest BCUT2D eigenvalue weighted by Crippen LogP contribution is -2.37. The van der Waals surface area contributed by atoms with Crippen molar-refractivity contribution in [3.8, 4) is 0 Å². The van der Waals surface area contributed by atoms with Gasteiger partial charge in [0.05, 0.1) is 11.2 Å². The zero-order valence-electron chi connectivity index (χ0n) is 11.9. The van der Waals surface area contributed by atoms with Crippen LogP contribution >= 0.6 is 0 Å². The van der Waals surface area contributed by atoms with Crippen molar-refractivity contribution in [1.82, 2.24) is 5.32 Å². The fourth-order valence-electron chi connectivity index (χ4n) is 1.65. The average Bonchev–Trinajstić information content (AvgIpc) is 2.39. The van der Waals surface area contributed by atoms with Crippen LogP contribution in [0.1, 0.15) is 25.3 Å². The first-order valence-corrected chi connectivity index (χ1v) is 8.21. The third-order valence-corrected chi connectivity index (χ3v) is 5.15. The molecule has 0 fully saturated rings. The Kier molecular flexibility index (Phi) is 5.90. The van der Waals surface area contributed by atoms with Gasteiger partial charge in [0, 0.05) is 6.54 Å². The van der Waals surface area contributed by atoms with Crippen LogP contribution in [0.15, 0.2) is 30.3 Å². The molecule has 0 aromatic heterocycles. The predicted octanol–water partition coefficient (Wildman–Crippen LogP) is 0.794. The fourth-order valence-corrected chi connectivity index (χ4v) is 2.45. The number of sulfone groups is 1. The standard InChI is InChI=1S/C14H19NO5S/c1-10(2)21(19,20)9-13(16)15-8-12(14(17)18)11-6-4-3-5-7-11/h3-7,10,12H,8-9H2,1-2H3,(H,15,16)(H,17,18). The van der Waals surface area contributed by atoms with Crippen molar-refractivity contribution in [3.05, 3.63) is 35.9 Å². The molecule has 0 aliphatic rings. The number of amides is 1. The van der Waals surface area contributed by atoms with E-state index in [9.17, 15) is 23.1 Å². The number of aliphatic carboxylic acids is 1. The lowest BCUT2D eigenvalue weighted by Gasteiger charge is -2.14. The number of carbonyl (C=O) groups excluding carboxylic acids is 1. The van der Waals surface area contributed by atoms with E-state index >= 15 is 0 Å². The van der Waals surface area contributed by atoms with Crippen LogP contribution in [0.2, 0.25) is 0 Å². The molecule has 0 aliphatic carbocycles. The Balaban J connectivity index is 2.67. The minimum Gasteiger partial charge on any atom is -0.481 e. The third-order valence-electron chi connectivity index (χ3n) is 3.05. The molecule has 1 unspecified atom stereocenters. The van der Waals surface area contributed by atoms with E-state index in [1.54, 1.807) is 30.3 Å². The molecule has 1 rings (SSSR count). The van der Waals surface area contributed by atoms with Crippen molar-refractivity contribution >= 4 is 21.7 Å². The molecular weight excluding hydrogens is 294 g/mol. The Morgan fingerprint density at radius 3 is 2.24 bits per heavy atom. The number of rotatable bonds is 7. The normalized spacial score (nSPS) is 12.9. The first-order valence-electron chi connectivity index (χ1n) is 6.50. The second kappa shape index (κ2) is 7.21. The summed E-state index contributed by atoms with van der Waals surface area (Å²) in [5.41, 5.74) is 0.553. The monoisotopic (exact) mass is 313 g/mol. The summed E-state index contributed by atoms with van der Waals surface area (Å²) in [6.45, 7) is 2.84. The molecule has 21 heavy (non-hydrogen) atoms. The number of nitrogens with one attached hydrogen (secondary N) is 1. The maximum atomic E-state index is 11.6. The highest BCUT2D eigenvalue weighted by molar-refractivity contribution is 7.92. The van der Waals surface area contributed by atoms with Gasteiger partial charge in [0.25, 0.3) is 0 Å². The molecule has 0 heterocycles. The number of carboxylic acids is 1. The van der Waals surface area contributed by atoms with Crippen molar-refractivity contribution in [2.24, 2.45) is 0 Å². The van der Waals surface area contributed by atoms with Gasteiger partial charge >= 0.3 is 5.97 Å². The van der Waals surface area contributed by atoms with Gasteiger partial charge in [0.15, 0.2) is 9.84 Å². The molecule has 2 N–H and O–H groups in total. The number of hydrogen-bond donors (Lipinski definition) is 2.